The first-order valence-corrected chi connectivity index (χ1v) is 16.0. The van der Waals surface area contributed by atoms with Crippen LogP contribution in [0.5, 0.6) is 11.5 Å². The second-order valence-electron chi connectivity index (χ2n) is 12.1. The van der Waals surface area contributed by atoms with Crippen molar-refractivity contribution in [3.05, 3.63) is 164 Å². The maximum Gasteiger partial charge on any atom is 0.633 e. The van der Waals surface area contributed by atoms with Crippen molar-refractivity contribution in [1.82, 2.24) is 4.57 Å². The number of hydrogen-bond acceptors (Lipinski definition) is 3. The number of hydrogen-bond donors (Lipinski definition) is 0. The first kappa shape index (κ1) is 26.1. The quantitative estimate of drug-likeness (QED) is 0.188. The number of aromatic nitrogens is 1. The van der Waals surface area contributed by atoms with E-state index in [9.17, 15) is 0 Å². The van der Waals surface area contributed by atoms with Gasteiger partial charge in [0.2, 0.25) is 0 Å². The molecule has 0 unspecified atom stereocenters. The van der Waals surface area contributed by atoms with Gasteiger partial charge in [0.25, 0.3) is 0 Å². The van der Waals surface area contributed by atoms with Gasteiger partial charge in [0.1, 0.15) is 11.5 Å². The van der Waals surface area contributed by atoms with Crippen molar-refractivity contribution in [3.8, 4) is 39.4 Å². The molecule has 7 aromatic carbocycles. The van der Waals surface area contributed by atoms with Gasteiger partial charge in [-0.1, -0.05) is 91.0 Å². The molecule has 2 aliphatic rings. The Morgan fingerprint density at radius 3 is 1.60 bits per heavy atom. The summed E-state index contributed by atoms with van der Waals surface area (Å²) in [7, 11) is -0.499. The Bertz CT molecular complexity index is 2380. The lowest BCUT2D eigenvalue weighted by atomic mass is 9.66. The standard InChI is InChI=1S/C42H27BN2O2/c1-3-13-28(14-4-1)44(29-15-5-2-6-16-29)30-23-24-39-35(25-30)32-17-7-10-20-38(32)45(39)31-26-36-33-18-8-11-21-40(33)46-43-42(36)37(27-31)34-19-9-12-22-41(34)47-43/h1-27H. The van der Waals surface area contributed by atoms with Crippen LogP contribution in [0.2, 0.25) is 0 Å². The van der Waals surface area contributed by atoms with Gasteiger partial charge in [-0.3, -0.25) is 0 Å². The molecule has 3 heterocycles. The Morgan fingerprint density at radius 1 is 0.426 bits per heavy atom. The van der Waals surface area contributed by atoms with Gasteiger partial charge >= 0.3 is 7.12 Å². The summed E-state index contributed by atoms with van der Waals surface area (Å²) >= 11 is 0. The van der Waals surface area contributed by atoms with E-state index in [1.165, 1.54) is 10.8 Å². The summed E-state index contributed by atoms with van der Waals surface area (Å²) in [5, 5.41) is 2.41. The molecule has 0 bridgehead atoms. The zero-order chi connectivity index (χ0) is 30.9. The van der Waals surface area contributed by atoms with E-state index in [0.29, 0.717) is 0 Å². The smallest absolute Gasteiger partial charge is 0.521 e. The minimum atomic E-state index is -0.499. The number of nitrogens with zero attached hydrogens (tertiary/aromatic N) is 2. The maximum absolute atomic E-state index is 6.44. The zero-order valence-electron chi connectivity index (χ0n) is 25.4. The molecule has 0 atom stereocenters. The largest absolute Gasteiger partial charge is 0.633 e. The third-order valence-electron chi connectivity index (χ3n) is 9.42. The molecule has 10 rings (SSSR count). The van der Waals surface area contributed by atoms with Gasteiger partial charge < -0.3 is 18.8 Å². The first-order chi connectivity index (χ1) is 23.3. The fourth-order valence-electron chi connectivity index (χ4n) is 7.40. The molecule has 0 saturated heterocycles. The van der Waals surface area contributed by atoms with Crippen molar-refractivity contribution >= 4 is 51.4 Å². The average Bonchev–Trinajstić information content (AvgIpc) is 3.46. The summed E-state index contributed by atoms with van der Waals surface area (Å²) in [5.41, 5.74) is 12.3. The van der Waals surface area contributed by atoms with Crippen molar-refractivity contribution in [1.29, 1.82) is 0 Å². The van der Waals surface area contributed by atoms with Crippen molar-refractivity contribution in [2.75, 3.05) is 4.90 Å². The summed E-state index contributed by atoms with van der Waals surface area (Å²) in [4.78, 5) is 2.32. The molecular formula is C42H27BN2O2. The van der Waals surface area contributed by atoms with Crippen LogP contribution in [0, 0.1) is 0 Å². The molecular weight excluding hydrogens is 575 g/mol. The van der Waals surface area contributed by atoms with E-state index < -0.39 is 7.12 Å². The molecule has 0 amide bonds. The van der Waals surface area contributed by atoms with Gasteiger partial charge in [-0.25, -0.2) is 0 Å². The lowest BCUT2D eigenvalue weighted by Gasteiger charge is -2.32. The Hall–Kier alpha value is -6.20. The van der Waals surface area contributed by atoms with Crippen LogP contribution in [0.15, 0.2) is 164 Å². The van der Waals surface area contributed by atoms with E-state index in [1.54, 1.807) is 0 Å². The number of fused-ring (bicyclic) bond motifs is 7. The van der Waals surface area contributed by atoms with Crippen molar-refractivity contribution in [3.63, 3.8) is 0 Å². The van der Waals surface area contributed by atoms with Crippen LogP contribution in [0.3, 0.4) is 0 Å². The topological polar surface area (TPSA) is 26.6 Å². The fourth-order valence-corrected chi connectivity index (χ4v) is 7.40. The summed E-state index contributed by atoms with van der Waals surface area (Å²) in [6.07, 6.45) is 0. The van der Waals surface area contributed by atoms with E-state index in [1.807, 2.05) is 24.3 Å². The van der Waals surface area contributed by atoms with Crippen LogP contribution in [-0.4, -0.2) is 11.7 Å². The van der Waals surface area contributed by atoms with Crippen LogP contribution in [0.1, 0.15) is 0 Å². The van der Waals surface area contributed by atoms with Gasteiger partial charge in [-0.2, -0.15) is 0 Å². The zero-order valence-corrected chi connectivity index (χ0v) is 25.4. The number of para-hydroxylation sites is 5. The molecule has 0 fully saturated rings. The number of rotatable bonds is 4. The highest BCUT2D eigenvalue weighted by molar-refractivity contribution is 6.68. The maximum atomic E-state index is 6.44. The average molecular weight is 603 g/mol. The second-order valence-corrected chi connectivity index (χ2v) is 12.1. The lowest BCUT2D eigenvalue weighted by Crippen LogP contribution is -2.49. The highest BCUT2D eigenvalue weighted by atomic mass is 16.6. The normalized spacial score (nSPS) is 12.6. The van der Waals surface area contributed by atoms with E-state index >= 15 is 0 Å². The van der Waals surface area contributed by atoms with E-state index in [0.717, 1.165) is 73.0 Å². The minimum absolute atomic E-state index is 0.499. The molecule has 1 aromatic heterocycles. The van der Waals surface area contributed by atoms with Crippen LogP contribution >= 0.6 is 0 Å². The molecule has 47 heavy (non-hydrogen) atoms. The van der Waals surface area contributed by atoms with Gasteiger partial charge in [0.05, 0.1) is 11.0 Å². The molecule has 0 saturated carbocycles. The molecule has 0 radical (unpaired) electrons. The lowest BCUT2D eigenvalue weighted by molar-refractivity contribution is 0.436. The van der Waals surface area contributed by atoms with E-state index in [-0.39, 0.29) is 0 Å². The van der Waals surface area contributed by atoms with Crippen LogP contribution in [0.25, 0.3) is 49.7 Å². The summed E-state index contributed by atoms with van der Waals surface area (Å²) in [6, 6.07) is 57.9. The van der Waals surface area contributed by atoms with Crippen LogP contribution in [0.4, 0.5) is 17.1 Å². The van der Waals surface area contributed by atoms with E-state index in [4.69, 9.17) is 9.31 Å². The molecule has 4 nitrogen and oxygen atoms in total. The predicted octanol–water partition coefficient (Wildman–Crippen LogP) is 10.1. The number of anilines is 3. The summed E-state index contributed by atoms with van der Waals surface area (Å²) < 4.78 is 15.3. The Morgan fingerprint density at radius 2 is 0.957 bits per heavy atom. The van der Waals surface area contributed by atoms with Crippen molar-refractivity contribution in [2.24, 2.45) is 0 Å². The Labute approximate surface area is 272 Å². The van der Waals surface area contributed by atoms with Gasteiger partial charge in [-0.15, -0.1) is 0 Å². The monoisotopic (exact) mass is 602 g/mol. The van der Waals surface area contributed by atoms with Crippen molar-refractivity contribution in [2.45, 2.75) is 0 Å². The molecule has 5 heteroatoms. The third kappa shape index (κ3) is 3.96. The molecule has 0 spiro atoms. The minimum Gasteiger partial charge on any atom is -0.521 e. The predicted molar refractivity (Wildman–Crippen MR) is 193 cm³/mol. The first-order valence-electron chi connectivity index (χ1n) is 16.0. The second kappa shape index (κ2) is 10.2. The van der Waals surface area contributed by atoms with Gasteiger partial charge in [0, 0.05) is 50.1 Å². The molecule has 8 aromatic rings. The Kier molecular flexibility index (Phi) is 5.63. The molecule has 2 aliphatic heterocycles. The number of benzene rings is 7. The summed E-state index contributed by atoms with van der Waals surface area (Å²) in [6.45, 7) is 0. The highest BCUT2D eigenvalue weighted by Gasteiger charge is 2.41. The third-order valence-corrected chi connectivity index (χ3v) is 9.42. The van der Waals surface area contributed by atoms with E-state index in [2.05, 4.69) is 149 Å². The summed E-state index contributed by atoms with van der Waals surface area (Å²) in [5.74, 6) is 1.67. The van der Waals surface area contributed by atoms with Crippen LogP contribution < -0.4 is 19.7 Å². The Balaban J connectivity index is 1.24. The fraction of sp³-hybridized carbons (Fsp3) is 0. The molecule has 0 aliphatic carbocycles. The highest BCUT2D eigenvalue weighted by Crippen LogP contribution is 2.44. The SMILES string of the molecule is c1ccc(N(c2ccccc2)c2ccc3c(c2)c2ccccc2n3-c2cc3c4c(c2)-c2ccccc2OB4Oc2ccccc2-3)cc1. The molecule has 0 N–H and O–H groups in total. The van der Waals surface area contributed by atoms with Gasteiger partial charge in [0.15, 0.2) is 0 Å². The molecule has 220 valence electrons. The van der Waals surface area contributed by atoms with Crippen LogP contribution in [-0.2, 0) is 0 Å². The van der Waals surface area contributed by atoms with Gasteiger partial charge in [-0.05, 0) is 83.9 Å². The van der Waals surface area contributed by atoms with Crippen molar-refractivity contribution < 1.29 is 9.31 Å².